The van der Waals surface area contributed by atoms with Gasteiger partial charge in [0.25, 0.3) is 0 Å². The van der Waals surface area contributed by atoms with Gasteiger partial charge in [0, 0.05) is 32.4 Å². The summed E-state index contributed by atoms with van der Waals surface area (Å²) in [4.78, 5) is 15.7. The Balaban J connectivity index is 0.000000293. The van der Waals surface area contributed by atoms with E-state index in [1.165, 1.54) is 5.56 Å². The lowest BCUT2D eigenvalue weighted by Gasteiger charge is -2.03. The number of carbonyl (C=O) groups is 1. The van der Waals surface area contributed by atoms with Crippen LogP contribution in [0.3, 0.4) is 0 Å². The van der Waals surface area contributed by atoms with Gasteiger partial charge in [0.2, 0.25) is 0 Å². The molecule has 1 heterocycles. The largest absolute Gasteiger partial charge is 0.387 e. The fourth-order valence-corrected chi connectivity index (χ4v) is 1.00. The summed E-state index contributed by atoms with van der Waals surface area (Å²) in [7, 11) is 5.78. The minimum absolute atomic E-state index is 0.646. The molecule has 0 aromatic carbocycles. The first kappa shape index (κ1) is 14.6. The lowest BCUT2D eigenvalue weighted by Crippen LogP contribution is -2.12. The Kier molecular flexibility index (Phi) is 8.07. The molecule has 0 saturated heterocycles. The van der Waals surface area contributed by atoms with Crippen LogP contribution in [0.5, 0.6) is 0 Å². The molecule has 1 aromatic heterocycles. The molecular formula is C12H21N3O. The average Bonchev–Trinajstić information content (AvgIpc) is 2.27. The molecule has 0 unspecified atom stereocenters. The van der Waals surface area contributed by atoms with Gasteiger partial charge in [0.15, 0.2) is 0 Å². The number of rotatable bonds is 4. The molecule has 0 spiro atoms. The van der Waals surface area contributed by atoms with E-state index in [0.717, 1.165) is 18.5 Å². The van der Waals surface area contributed by atoms with Crippen LogP contribution in [0.1, 0.15) is 12.0 Å². The summed E-state index contributed by atoms with van der Waals surface area (Å²) in [6.07, 6.45) is 5.21. The smallest absolute Gasteiger partial charge is 0.121 e. The van der Waals surface area contributed by atoms with Crippen molar-refractivity contribution in [2.24, 2.45) is 0 Å². The number of carbonyl (C=O) groups excluding carboxylic acids is 1. The Bertz CT molecular complexity index is 300. The predicted molar refractivity (Wildman–Crippen MR) is 67.8 cm³/mol. The standard InChI is InChI=1S/C7H10N2.C5H11NO/c1-6-3-7(8-2)5-9-4-6;1-6(2)4-3-5-7/h3-5,8H,1-2H3;5H,3-4H2,1-2H3. The highest BCUT2D eigenvalue weighted by atomic mass is 16.1. The Hall–Kier alpha value is -1.42. The zero-order valence-corrected chi connectivity index (χ0v) is 10.5. The van der Waals surface area contributed by atoms with Gasteiger partial charge in [-0.1, -0.05) is 0 Å². The molecule has 0 saturated carbocycles. The Labute approximate surface area is 97.7 Å². The molecule has 0 aliphatic heterocycles. The van der Waals surface area contributed by atoms with E-state index in [-0.39, 0.29) is 0 Å². The highest BCUT2D eigenvalue weighted by molar-refractivity contribution is 5.49. The van der Waals surface area contributed by atoms with Gasteiger partial charge in [-0.25, -0.2) is 0 Å². The Morgan fingerprint density at radius 3 is 2.44 bits per heavy atom. The number of aryl methyl sites for hydroxylation is 1. The summed E-state index contributed by atoms with van der Waals surface area (Å²) in [6, 6.07) is 2.05. The maximum atomic E-state index is 9.68. The van der Waals surface area contributed by atoms with Crippen molar-refractivity contribution in [3.63, 3.8) is 0 Å². The highest BCUT2D eigenvalue weighted by Crippen LogP contribution is 2.04. The van der Waals surface area contributed by atoms with Crippen LogP contribution in [-0.4, -0.2) is 43.9 Å². The van der Waals surface area contributed by atoms with Gasteiger partial charge in [-0.2, -0.15) is 0 Å². The van der Waals surface area contributed by atoms with Gasteiger partial charge < -0.3 is 15.0 Å². The molecule has 1 N–H and O–H groups in total. The van der Waals surface area contributed by atoms with Crippen LogP contribution in [0.2, 0.25) is 0 Å². The molecule has 1 aromatic rings. The summed E-state index contributed by atoms with van der Waals surface area (Å²) in [5.74, 6) is 0. The van der Waals surface area contributed by atoms with Crippen LogP contribution in [0.4, 0.5) is 5.69 Å². The third-order valence-corrected chi connectivity index (χ3v) is 1.86. The van der Waals surface area contributed by atoms with E-state index in [2.05, 4.69) is 10.3 Å². The average molecular weight is 223 g/mol. The molecular weight excluding hydrogens is 202 g/mol. The van der Waals surface area contributed by atoms with Crippen molar-refractivity contribution in [1.82, 2.24) is 9.88 Å². The van der Waals surface area contributed by atoms with Crippen LogP contribution < -0.4 is 5.32 Å². The summed E-state index contributed by atoms with van der Waals surface area (Å²) < 4.78 is 0. The summed E-state index contributed by atoms with van der Waals surface area (Å²) >= 11 is 0. The fraction of sp³-hybridized carbons (Fsp3) is 0.500. The van der Waals surface area contributed by atoms with Crippen molar-refractivity contribution in [2.45, 2.75) is 13.3 Å². The van der Waals surface area contributed by atoms with E-state index < -0.39 is 0 Å². The normalized spacial score (nSPS) is 9.31. The molecule has 1 rings (SSSR count). The summed E-state index contributed by atoms with van der Waals surface area (Å²) in [5.41, 5.74) is 2.25. The SMILES string of the molecule is CN(C)CCC=O.CNc1cncc(C)c1. The van der Waals surface area contributed by atoms with Gasteiger partial charge in [0.1, 0.15) is 6.29 Å². The maximum Gasteiger partial charge on any atom is 0.121 e. The number of hydrogen-bond donors (Lipinski definition) is 1. The molecule has 4 nitrogen and oxygen atoms in total. The lowest BCUT2D eigenvalue weighted by molar-refractivity contribution is -0.108. The van der Waals surface area contributed by atoms with Crippen molar-refractivity contribution < 1.29 is 4.79 Å². The number of hydrogen-bond acceptors (Lipinski definition) is 4. The fourth-order valence-electron chi connectivity index (χ4n) is 1.00. The quantitative estimate of drug-likeness (QED) is 0.787. The van der Waals surface area contributed by atoms with Crippen molar-refractivity contribution in [3.8, 4) is 0 Å². The molecule has 0 amide bonds. The third-order valence-electron chi connectivity index (χ3n) is 1.86. The minimum Gasteiger partial charge on any atom is -0.387 e. The summed E-state index contributed by atoms with van der Waals surface area (Å²) in [6.45, 7) is 2.89. The molecule has 0 fully saturated rings. The predicted octanol–water partition coefficient (Wildman–Crippen LogP) is 1.57. The Morgan fingerprint density at radius 2 is 2.12 bits per heavy atom. The Morgan fingerprint density at radius 1 is 1.44 bits per heavy atom. The van der Waals surface area contributed by atoms with Crippen LogP contribution >= 0.6 is 0 Å². The monoisotopic (exact) mass is 223 g/mol. The van der Waals surface area contributed by atoms with Crippen molar-refractivity contribution >= 4 is 12.0 Å². The van der Waals surface area contributed by atoms with Crippen molar-refractivity contribution in [3.05, 3.63) is 24.0 Å². The summed E-state index contributed by atoms with van der Waals surface area (Å²) in [5, 5.41) is 3.01. The first-order valence-electron chi connectivity index (χ1n) is 5.28. The molecule has 0 radical (unpaired) electrons. The van der Waals surface area contributed by atoms with E-state index in [4.69, 9.17) is 0 Å². The number of nitrogens with one attached hydrogen (secondary N) is 1. The second-order valence-electron chi connectivity index (χ2n) is 3.76. The van der Waals surface area contributed by atoms with Gasteiger partial charge in [-0.3, -0.25) is 4.98 Å². The van der Waals surface area contributed by atoms with Crippen LogP contribution in [0.25, 0.3) is 0 Å². The first-order chi connectivity index (χ1) is 7.60. The molecule has 0 bridgehead atoms. The van der Waals surface area contributed by atoms with E-state index >= 15 is 0 Å². The second-order valence-corrected chi connectivity index (χ2v) is 3.76. The first-order valence-corrected chi connectivity index (χ1v) is 5.28. The van der Waals surface area contributed by atoms with Crippen LogP contribution in [0.15, 0.2) is 18.5 Å². The molecule has 4 heteroatoms. The van der Waals surface area contributed by atoms with E-state index in [9.17, 15) is 4.79 Å². The number of anilines is 1. The van der Waals surface area contributed by atoms with Gasteiger partial charge >= 0.3 is 0 Å². The van der Waals surface area contributed by atoms with Gasteiger partial charge in [0.05, 0.1) is 5.69 Å². The van der Waals surface area contributed by atoms with E-state index in [1.807, 2.05) is 45.2 Å². The van der Waals surface area contributed by atoms with Gasteiger partial charge in [-0.05, 0) is 32.6 Å². The molecule has 90 valence electrons. The molecule has 0 aliphatic carbocycles. The maximum absolute atomic E-state index is 9.68. The number of nitrogens with zero attached hydrogens (tertiary/aromatic N) is 2. The van der Waals surface area contributed by atoms with E-state index in [0.29, 0.717) is 6.42 Å². The lowest BCUT2D eigenvalue weighted by atomic mass is 10.3. The number of pyridine rings is 1. The molecule has 0 aliphatic rings. The van der Waals surface area contributed by atoms with Crippen LogP contribution in [-0.2, 0) is 4.79 Å². The van der Waals surface area contributed by atoms with Crippen molar-refractivity contribution in [1.29, 1.82) is 0 Å². The second kappa shape index (κ2) is 8.85. The zero-order valence-electron chi connectivity index (χ0n) is 10.5. The minimum atomic E-state index is 0.646. The molecule has 16 heavy (non-hydrogen) atoms. The molecule has 0 atom stereocenters. The van der Waals surface area contributed by atoms with Crippen LogP contribution in [0, 0.1) is 6.92 Å². The topological polar surface area (TPSA) is 45.2 Å². The number of aldehydes is 1. The number of aromatic nitrogens is 1. The third kappa shape index (κ3) is 7.94. The van der Waals surface area contributed by atoms with Crippen molar-refractivity contribution in [2.75, 3.05) is 33.0 Å². The van der Waals surface area contributed by atoms with Gasteiger partial charge in [-0.15, -0.1) is 0 Å². The van der Waals surface area contributed by atoms with E-state index in [1.54, 1.807) is 6.20 Å². The highest BCUT2D eigenvalue weighted by Gasteiger charge is 1.86. The zero-order chi connectivity index (χ0) is 12.4.